The third-order valence-corrected chi connectivity index (χ3v) is 5.85. The maximum Gasteiger partial charge on any atom is 0.333 e. The van der Waals surface area contributed by atoms with Crippen molar-refractivity contribution in [2.75, 3.05) is 18.2 Å². The summed E-state index contributed by atoms with van der Waals surface area (Å²) in [6, 6.07) is 13.3. The van der Waals surface area contributed by atoms with Gasteiger partial charge in [-0.05, 0) is 48.5 Å². The number of carbonyl (C=O) groups is 1. The maximum absolute atomic E-state index is 12.8. The molecule has 0 fully saturated rings. The Kier molecular flexibility index (Phi) is 7.62. The molecule has 9 nitrogen and oxygen atoms in total. The van der Waals surface area contributed by atoms with Crippen molar-refractivity contribution in [2.24, 2.45) is 19.1 Å². The Morgan fingerprint density at radius 2 is 1.73 bits per heavy atom. The number of methoxy groups -OCH3 is 1. The van der Waals surface area contributed by atoms with Gasteiger partial charge < -0.3 is 15.2 Å². The number of amides is 1. The van der Waals surface area contributed by atoms with E-state index in [-0.39, 0.29) is 22.3 Å². The van der Waals surface area contributed by atoms with Crippen molar-refractivity contribution in [2.45, 2.75) is 0 Å². The molecule has 0 unspecified atom stereocenters. The number of nitrogens with zero attached hydrogens (tertiary/aromatic N) is 3. The van der Waals surface area contributed by atoms with Gasteiger partial charge in [-0.1, -0.05) is 23.4 Å². The summed E-state index contributed by atoms with van der Waals surface area (Å²) in [5, 5.41) is 13.9. The molecule has 0 saturated carbocycles. The van der Waals surface area contributed by atoms with E-state index in [4.69, 9.17) is 16.3 Å². The first kappa shape index (κ1) is 24.1. The van der Waals surface area contributed by atoms with E-state index in [0.29, 0.717) is 22.1 Å². The van der Waals surface area contributed by atoms with E-state index in [9.17, 15) is 19.5 Å². The summed E-state index contributed by atoms with van der Waals surface area (Å²) in [4.78, 5) is 41.9. The number of benzene rings is 2. The average Bonchev–Trinajstić information content (AvgIpc) is 2.81. The Balaban J connectivity index is 1.93. The molecule has 0 bridgehead atoms. The highest BCUT2D eigenvalue weighted by Gasteiger charge is 2.22. The lowest BCUT2D eigenvalue weighted by Gasteiger charge is -2.12. The maximum atomic E-state index is 12.8. The van der Waals surface area contributed by atoms with E-state index in [2.05, 4.69) is 10.3 Å². The van der Waals surface area contributed by atoms with Crippen LogP contribution in [0, 0.1) is 0 Å². The Labute approximate surface area is 198 Å². The molecule has 1 amide bonds. The molecule has 1 aromatic heterocycles. The number of hydrogen-bond acceptors (Lipinski definition) is 7. The van der Waals surface area contributed by atoms with E-state index in [0.717, 1.165) is 20.9 Å². The van der Waals surface area contributed by atoms with Crippen LogP contribution in [0.25, 0.3) is 0 Å². The molecule has 33 heavy (non-hydrogen) atoms. The Bertz CT molecular complexity index is 1310. The number of aliphatic imine (C=N–C) groups is 1. The first-order valence-electron chi connectivity index (χ1n) is 9.61. The van der Waals surface area contributed by atoms with Crippen molar-refractivity contribution >= 4 is 45.7 Å². The summed E-state index contributed by atoms with van der Waals surface area (Å²) < 4.78 is 6.90. The number of rotatable bonds is 6. The number of hydrogen-bond donors (Lipinski definition) is 2. The van der Waals surface area contributed by atoms with Crippen LogP contribution in [0.15, 0.2) is 63.1 Å². The van der Waals surface area contributed by atoms with Crippen LogP contribution < -0.4 is 21.3 Å². The molecule has 1 heterocycles. The van der Waals surface area contributed by atoms with Gasteiger partial charge in [-0.15, -0.1) is 0 Å². The average molecular weight is 489 g/mol. The fourth-order valence-electron chi connectivity index (χ4n) is 2.82. The molecule has 0 saturated heterocycles. The smallest absolute Gasteiger partial charge is 0.333 e. The van der Waals surface area contributed by atoms with Gasteiger partial charge in [-0.2, -0.15) is 0 Å². The number of anilines is 1. The topological polar surface area (TPSA) is 115 Å². The van der Waals surface area contributed by atoms with Gasteiger partial charge in [-0.3, -0.25) is 18.7 Å². The SMILES string of the molecule is COc1ccc(NC(=O)CSC(=Nc2ccc(Cl)cc2)c2c(O)n(C)c(=O)n(C)c2=O)cc1. The van der Waals surface area contributed by atoms with Crippen molar-refractivity contribution in [3.63, 3.8) is 0 Å². The van der Waals surface area contributed by atoms with E-state index in [1.165, 1.54) is 14.1 Å². The molecule has 172 valence electrons. The number of nitrogens with one attached hydrogen (secondary N) is 1. The van der Waals surface area contributed by atoms with Crippen LogP contribution in [0.5, 0.6) is 11.6 Å². The number of aromatic nitrogens is 2. The summed E-state index contributed by atoms with van der Waals surface area (Å²) >= 11 is 6.88. The molecule has 0 aliphatic rings. The zero-order valence-electron chi connectivity index (χ0n) is 18.0. The van der Waals surface area contributed by atoms with Crippen LogP contribution >= 0.6 is 23.4 Å². The molecule has 11 heteroatoms. The monoisotopic (exact) mass is 488 g/mol. The molecule has 2 N–H and O–H groups in total. The summed E-state index contributed by atoms with van der Waals surface area (Å²) in [6.07, 6.45) is 0. The number of halogens is 1. The fraction of sp³-hybridized carbons (Fsp3) is 0.182. The van der Waals surface area contributed by atoms with Gasteiger partial charge in [0.2, 0.25) is 11.8 Å². The lowest BCUT2D eigenvalue weighted by molar-refractivity contribution is -0.113. The van der Waals surface area contributed by atoms with Crippen molar-refractivity contribution < 1.29 is 14.6 Å². The highest BCUT2D eigenvalue weighted by molar-refractivity contribution is 8.15. The molecular weight excluding hydrogens is 468 g/mol. The van der Waals surface area contributed by atoms with Crippen LogP contribution in [0.1, 0.15) is 5.56 Å². The minimum absolute atomic E-state index is 0.0795. The van der Waals surface area contributed by atoms with Gasteiger partial charge in [0, 0.05) is 24.8 Å². The zero-order valence-corrected chi connectivity index (χ0v) is 19.6. The van der Waals surface area contributed by atoms with Crippen molar-refractivity contribution in [1.82, 2.24) is 9.13 Å². The fourth-order valence-corrected chi connectivity index (χ4v) is 3.78. The quantitative estimate of drug-likeness (QED) is 0.407. The van der Waals surface area contributed by atoms with Gasteiger partial charge in [0.25, 0.3) is 5.56 Å². The molecule has 0 aliphatic carbocycles. The van der Waals surface area contributed by atoms with E-state index in [1.807, 2.05) is 0 Å². The predicted molar refractivity (Wildman–Crippen MR) is 130 cm³/mol. The number of aromatic hydroxyl groups is 1. The van der Waals surface area contributed by atoms with Crippen molar-refractivity contribution in [3.8, 4) is 11.6 Å². The second-order valence-corrected chi connectivity index (χ2v) is 8.26. The number of thioether (sulfide) groups is 1. The number of carbonyl (C=O) groups excluding carboxylic acids is 1. The Morgan fingerprint density at radius 1 is 1.09 bits per heavy atom. The normalized spacial score (nSPS) is 11.3. The van der Waals surface area contributed by atoms with E-state index in [1.54, 1.807) is 55.6 Å². The predicted octanol–water partition coefficient (Wildman–Crippen LogP) is 2.90. The molecular formula is C22H21ClN4O5S. The number of ether oxygens (including phenoxy) is 1. The minimum Gasteiger partial charge on any atom is -0.497 e. The van der Waals surface area contributed by atoms with Crippen molar-refractivity contribution in [3.05, 3.63) is 80.0 Å². The lowest BCUT2D eigenvalue weighted by Crippen LogP contribution is -2.39. The third-order valence-electron chi connectivity index (χ3n) is 4.62. The summed E-state index contributed by atoms with van der Waals surface area (Å²) in [5.41, 5.74) is -0.580. The molecule has 3 aromatic rings. The molecule has 2 aromatic carbocycles. The van der Waals surface area contributed by atoms with Crippen LogP contribution in [-0.2, 0) is 18.9 Å². The van der Waals surface area contributed by atoms with Gasteiger partial charge in [-0.25, -0.2) is 9.79 Å². The lowest BCUT2D eigenvalue weighted by atomic mass is 10.3. The van der Waals surface area contributed by atoms with E-state index < -0.39 is 17.1 Å². The van der Waals surface area contributed by atoms with Crippen molar-refractivity contribution in [1.29, 1.82) is 0 Å². The minimum atomic E-state index is -0.730. The van der Waals surface area contributed by atoms with Gasteiger partial charge >= 0.3 is 5.69 Å². The van der Waals surface area contributed by atoms with Gasteiger partial charge in [0.15, 0.2) is 0 Å². The zero-order chi connectivity index (χ0) is 24.1. The molecule has 3 rings (SSSR count). The first-order chi connectivity index (χ1) is 15.7. The molecule has 0 atom stereocenters. The van der Waals surface area contributed by atoms with Crippen LogP contribution in [0.3, 0.4) is 0 Å². The summed E-state index contributed by atoms with van der Waals surface area (Å²) in [6.45, 7) is 0. The highest BCUT2D eigenvalue weighted by Crippen LogP contribution is 2.24. The van der Waals surface area contributed by atoms with Gasteiger partial charge in [0.05, 0.1) is 18.6 Å². The third kappa shape index (κ3) is 5.65. The van der Waals surface area contributed by atoms with Crippen LogP contribution in [0.4, 0.5) is 11.4 Å². The Hall–Kier alpha value is -3.50. The Morgan fingerprint density at radius 3 is 2.33 bits per heavy atom. The second kappa shape index (κ2) is 10.4. The van der Waals surface area contributed by atoms with E-state index >= 15 is 0 Å². The largest absolute Gasteiger partial charge is 0.497 e. The van der Waals surface area contributed by atoms with Crippen LogP contribution in [0.2, 0.25) is 5.02 Å². The molecule has 0 radical (unpaired) electrons. The van der Waals surface area contributed by atoms with Gasteiger partial charge in [0.1, 0.15) is 16.4 Å². The first-order valence-corrected chi connectivity index (χ1v) is 11.0. The summed E-state index contributed by atoms with van der Waals surface area (Å²) in [7, 11) is 4.18. The standard InChI is InChI=1S/C22H21ClN4O5S/c1-26-20(29)18(21(30)27(2)22(26)31)19(25-15-6-4-13(23)5-7-15)33-12-17(28)24-14-8-10-16(32-3)11-9-14/h4-11,29H,12H2,1-3H3,(H,24,28). The highest BCUT2D eigenvalue weighted by atomic mass is 35.5. The summed E-state index contributed by atoms with van der Waals surface area (Å²) in [5.74, 6) is -0.348. The molecule has 0 aliphatic heterocycles. The second-order valence-electron chi connectivity index (χ2n) is 6.86. The van der Waals surface area contributed by atoms with Crippen LogP contribution in [-0.4, -0.2) is 38.1 Å². The molecule has 0 spiro atoms.